The summed E-state index contributed by atoms with van der Waals surface area (Å²) in [6.45, 7) is 6.13. The van der Waals surface area contributed by atoms with Crippen LogP contribution in [0.25, 0.3) is 11.3 Å². The summed E-state index contributed by atoms with van der Waals surface area (Å²) in [5, 5.41) is 3.31. The van der Waals surface area contributed by atoms with Crippen LogP contribution in [0.4, 0.5) is 16.4 Å². The molecule has 188 valence electrons. The van der Waals surface area contributed by atoms with Gasteiger partial charge in [0.15, 0.2) is 11.5 Å². The van der Waals surface area contributed by atoms with Crippen LogP contribution in [0.1, 0.15) is 38.8 Å². The largest absolute Gasteiger partial charge is 0.493 e. The number of rotatable bonds is 6. The first-order valence-corrected chi connectivity index (χ1v) is 11.9. The van der Waals surface area contributed by atoms with Gasteiger partial charge in [-0.05, 0) is 45.4 Å². The molecular formula is C28H32N4O4. The Morgan fingerprint density at radius 1 is 1.00 bits per heavy atom. The smallest absolute Gasteiger partial charge is 0.414 e. The molecule has 0 spiro atoms. The van der Waals surface area contributed by atoms with Gasteiger partial charge in [-0.2, -0.15) is 0 Å². The number of carbonyl (C=O) groups excluding carboxylic acids is 1. The molecule has 0 saturated carbocycles. The average molecular weight is 489 g/mol. The molecule has 3 aromatic rings. The van der Waals surface area contributed by atoms with E-state index in [1.165, 1.54) is 0 Å². The standard InChI is InChI=1S/C28H32N4O4/c1-28(2,3)36-27(33)32-15-13-20(14-16-32)23-18-22(19-9-7-6-8-10-19)30-26(31-23)29-21-11-12-24(34-4)25(17-21)35-5/h6-13,15,17-18,20H,14,16H2,1-5H3,(H,29,30,31). The van der Waals surface area contributed by atoms with Crippen LogP contribution in [0, 0.1) is 0 Å². The topological polar surface area (TPSA) is 85.8 Å². The van der Waals surface area contributed by atoms with E-state index in [-0.39, 0.29) is 12.0 Å². The number of aromatic nitrogens is 2. The number of ether oxygens (including phenoxy) is 3. The van der Waals surface area contributed by atoms with Gasteiger partial charge < -0.3 is 19.5 Å². The van der Waals surface area contributed by atoms with Crippen molar-refractivity contribution in [3.05, 3.63) is 72.6 Å². The average Bonchev–Trinajstić information content (AvgIpc) is 2.88. The number of benzene rings is 2. The fourth-order valence-electron chi connectivity index (χ4n) is 3.89. The number of anilines is 2. The Morgan fingerprint density at radius 3 is 2.39 bits per heavy atom. The molecule has 1 atom stereocenters. The van der Waals surface area contributed by atoms with Crippen molar-refractivity contribution in [1.82, 2.24) is 14.9 Å². The maximum atomic E-state index is 12.4. The second-order valence-electron chi connectivity index (χ2n) is 9.47. The van der Waals surface area contributed by atoms with E-state index in [0.717, 1.165) is 29.1 Å². The molecule has 0 bridgehead atoms. The number of methoxy groups -OCH3 is 2. The molecule has 0 saturated heterocycles. The van der Waals surface area contributed by atoms with Crippen LogP contribution in [0.5, 0.6) is 11.5 Å². The molecule has 0 aliphatic carbocycles. The summed E-state index contributed by atoms with van der Waals surface area (Å²) in [7, 11) is 3.20. The van der Waals surface area contributed by atoms with Gasteiger partial charge in [-0.3, -0.25) is 4.90 Å². The summed E-state index contributed by atoms with van der Waals surface area (Å²) in [6.07, 6.45) is 4.15. The zero-order valence-corrected chi connectivity index (χ0v) is 21.3. The fraction of sp³-hybridized carbons (Fsp3) is 0.321. The number of hydrogen-bond donors (Lipinski definition) is 1. The minimum atomic E-state index is -0.538. The molecule has 2 heterocycles. The van der Waals surface area contributed by atoms with E-state index in [9.17, 15) is 4.79 Å². The zero-order chi connectivity index (χ0) is 25.7. The Kier molecular flexibility index (Phi) is 7.43. The Labute approximate surface area is 211 Å². The molecule has 8 heteroatoms. The molecule has 2 aromatic carbocycles. The lowest BCUT2D eigenvalue weighted by Gasteiger charge is -2.29. The van der Waals surface area contributed by atoms with Crippen LogP contribution >= 0.6 is 0 Å². The maximum Gasteiger partial charge on any atom is 0.414 e. The number of amides is 1. The van der Waals surface area contributed by atoms with Gasteiger partial charge in [0.05, 0.1) is 25.6 Å². The number of hydrogen-bond acceptors (Lipinski definition) is 7. The number of carbonyl (C=O) groups is 1. The Morgan fingerprint density at radius 2 is 1.75 bits per heavy atom. The first kappa shape index (κ1) is 25.0. The Balaban J connectivity index is 1.63. The molecule has 36 heavy (non-hydrogen) atoms. The van der Waals surface area contributed by atoms with Gasteiger partial charge in [0, 0.05) is 36.0 Å². The van der Waals surface area contributed by atoms with E-state index in [1.54, 1.807) is 25.3 Å². The lowest BCUT2D eigenvalue weighted by Crippen LogP contribution is -2.36. The van der Waals surface area contributed by atoms with Gasteiger partial charge in [0.25, 0.3) is 0 Å². The van der Waals surface area contributed by atoms with Crippen molar-refractivity contribution in [3.8, 4) is 22.8 Å². The molecule has 4 rings (SSSR count). The number of nitrogens with zero attached hydrogens (tertiary/aromatic N) is 3. The molecule has 1 unspecified atom stereocenters. The SMILES string of the molecule is COc1ccc(Nc2nc(-c3ccccc3)cc(C3C=CN(C(=O)OC(C)(C)C)CC3)n2)cc1OC. The third-order valence-electron chi connectivity index (χ3n) is 5.64. The van der Waals surface area contributed by atoms with Crippen molar-refractivity contribution in [1.29, 1.82) is 0 Å². The summed E-state index contributed by atoms with van der Waals surface area (Å²) >= 11 is 0. The van der Waals surface area contributed by atoms with Gasteiger partial charge in [-0.25, -0.2) is 14.8 Å². The van der Waals surface area contributed by atoms with E-state index in [4.69, 9.17) is 24.2 Å². The third-order valence-corrected chi connectivity index (χ3v) is 5.64. The summed E-state index contributed by atoms with van der Waals surface area (Å²) in [5.74, 6) is 1.76. The van der Waals surface area contributed by atoms with Crippen LogP contribution < -0.4 is 14.8 Å². The van der Waals surface area contributed by atoms with E-state index < -0.39 is 5.60 Å². The molecule has 1 amide bonds. The number of allylic oxidation sites excluding steroid dienone is 1. The van der Waals surface area contributed by atoms with E-state index >= 15 is 0 Å². The lowest BCUT2D eigenvalue weighted by atomic mass is 9.97. The molecular weight excluding hydrogens is 456 g/mol. The highest BCUT2D eigenvalue weighted by molar-refractivity contribution is 5.70. The first-order valence-electron chi connectivity index (χ1n) is 11.9. The second kappa shape index (κ2) is 10.7. The van der Waals surface area contributed by atoms with Crippen molar-refractivity contribution in [2.75, 3.05) is 26.1 Å². The second-order valence-corrected chi connectivity index (χ2v) is 9.47. The van der Waals surface area contributed by atoms with Crippen molar-refractivity contribution in [2.45, 2.75) is 38.7 Å². The van der Waals surface area contributed by atoms with Crippen LogP contribution in [0.2, 0.25) is 0 Å². The van der Waals surface area contributed by atoms with Gasteiger partial charge in [0.1, 0.15) is 5.60 Å². The molecule has 0 radical (unpaired) electrons. The fourth-order valence-corrected chi connectivity index (χ4v) is 3.89. The summed E-state index contributed by atoms with van der Waals surface area (Å²) in [4.78, 5) is 23.6. The van der Waals surface area contributed by atoms with Gasteiger partial charge in [-0.15, -0.1) is 0 Å². The molecule has 0 fully saturated rings. The van der Waals surface area contributed by atoms with Gasteiger partial charge >= 0.3 is 6.09 Å². The zero-order valence-electron chi connectivity index (χ0n) is 21.3. The highest BCUT2D eigenvalue weighted by Gasteiger charge is 2.25. The van der Waals surface area contributed by atoms with Crippen molar-refractivity contribution < 1.29 is 19.0 Å². The van der Waals surface area contributed by atoms with Crippen molar-refractivity contribution in [2.24, 2.45) is 0 Å². The Bertz CT molecular complexity index is 1240. The predicted molar refractivity (Wildman–Crippen MR) is 140 cm³/mol. The van der Waals surface area contributed by atoms with Gasteiger partial charge in [-0.1, -0.05) is 36.4 Å². The maximum absolute atomic E-state index is 12.4. The molecule has 1 aliphatic heterocycles. The first-order chi connectivity index (χ1) is 17.3. The van der Waals surface area contributed by atoms with E-state index in [1.807, 2.05) is 81.4 Å². The van der Waals surface area contributed by atoms with Crippen LogP contribution in [-0.4, -0.2) is 47.3 Å². The minimum Gasteiger partial charge on any atom is -0.493 e. The van der Waals surface area contributed by atoms with E-state index in [0.29, 0.717) is 24.0 Å². The summed E-state index contributed by atoms with van der Waals surface area (Å²) < 4.78 is 16.3. The molecule has 1 aliphatic rings. The van der Waals surface area contributed by atoms with Crippen LogP contribution in [0.15, 0.2) is 66.9 Å². The van der Waals surface area contributed by atoms with Crippen molar-refractivity contribution >= 4 is 17.7 Å². The molecule has 1 N–H and O–H groups in total. The van der Waals surface area contributed by atoms with Crippen LogP contribution in [0.3, 0.4) is 0 Å². The minimum absolute atomic E-state index is 0.0279. The molecule has 8 nitrogen and oxygen atoms in total. The quantitative estimate of drug-likeness (QED) is 0.446. The third kappa shape index (κ3) is 6.13. The molecule has 1 aromatic heterocycles. The van der Waals surface area contributed by atoms with Gasteiger partial charge in [0.2, 0.25) is 5.95 Å². The Hall–Kier alpha value is -4.07. The summed E-state index contributed by atoms with van der Waals surface area (Å²) in [6, 6.07) is 17.6. The van der Waals surface area contributed by atoms with E-state index in [2.05, 4.69) is 5.32 Å². The lowest BCUT2D eigenvalue weighted by molar-refractivity contribution is 0.0324. The monoisotopic (exact) mass is 488 g/mol. The highest BCUT2D eigenvalue weighted by Crippen LogP contribution is 2.32. The normalized spacial score (nSPS) is 15.4. The highest BCUT2D eigenvalue weighted by atomic mass is 16.6. The van der Waals surface area contributed by atoms with Crippen LogP contribution in [-0.2, 0) is 4.74 Å². The number of nitrogens with one attached hydrogen (secondary N) is 1. The summed E-state index contributed by atoms with van der Waals surface area (Å²) in [5.41, 5.74) is 2.91. The van der Waals surface area contributed by atoms with Crippen molar-refractivity contribution in [3.63, 3.8) is 0 Å². The predicted octanol–water partition coefficient (Wildman–Crippen LogP) is 6.14.